The predicted octanol–water partition coefficient (Wildman–Crippen LogP) is 13.9. The minimum Gasteiger partial charge on any atom is -0.456 e. The van der Waals surface area contributed by atoms with Crippen molar-refractivity contribution in [1.82, 2.24) is 0 Å². The number of anilines is 3. The molecule has 0 aliphatic heterocycles. The fraction of sp³-hybridized carbons (Fsp3) is 0.0400. The standard InChI is InChI=1S/C50H31NO2/c1-3-14-37-32(11-1)13-9-20-45(37)51(44-19-7-5-15-38(44)35-26-29-42-41-17-6-8-21-46(41)52-48(42)31-35)36-27-23-34(24-28-36)39-18-10-22-47-49(39)43-30-25-33-12-2-4-16-40(33)50(43)53-47/h1-8,10-19,21-25,27-28,30-31H,26,29H2. The summed E-state index contributed by atoms with van der Waals surface area (Å²) in [5.74, 6) is 0.956. The Hall–Kier alpha value is -7.02. The van der Waals surface area contributed by atoms with Crippen molar-refractivity contribution in [3.05, 3.63) is 187 Å². The van der Waals surface area contributed by atoms with E-state index >= 15 is 0 Å². The zero-order valence-corrected chi connectivity index (χ0v) is 28.8. The lowest BCUT2D eigenvalue weighted by Crippen LogP contribution is -2.13. The Balaban J connectivity index is 1.07. The number of allylic oxidation sites excluding steroid dienone is 1. The van der Waals surface area contributed by atoms with Crippen LogP contribution in [-0.2, 0) is 6.42 Å². The predicted molar refractivity (Wildman–Crippen MR) is 219 cm³/mol. The molecule has 8 aromatic carbocycles. The Kier molecular flexibility index (Phi) is 6.59. The zero-order valence-electron chi connectivity index (χ0n) is 28.8. The van der Waals surface area contributed by atoms with Gasteiger partial charge in [0, 0.05) is 43.7 Å². The highest BCUT2D eigenvalue weighted by atomic mass is 16.3. The molecule has 3 heteroatoms. The van der Waals surface area contributed by atoms with E-state index in [0.29, 0.717) is 0 Å². The van der Waals surface area contributed by atoms with E-state index < -0.39 is 0 Å². The molecule has 0 amide bonds. The Morgan fingerprint density at radius 1 is 0.528 bits per heavy atom. The van der Waals surface area contributed by atoms with E-state index in [-0.39, 0.29) is 0 Å². The Labute approximate surface area is 306 Å². The largest absolute Gasteiger partial charge is 0.456 e. The van der Waals surface area contributed by atoms with Gasteiger partial charge in [-0.3, -0.25) is 0 Å². The third-order valence-corrected chi connectivity index (χ3v) is 10.9. The molecule has 2 heterocycles. The molecule has 0 saturated carbocycles. The maximum absolute atomic E-state index is 6.53. The first kappa shape index (κ1) is 29.7. The maximum atomic E-state index is 6.53. The summed E-state index contributed by atoms with van der Waals surface area (Å²) in [4.78, 5) is 2.34. The summed E-state index contributed by atoms with van der Waals surface area (Å²) in [5.41, 5.74) is 11.8. The molecule has 2 aromatic heterocycles. The average molecular weight is 678 g/mol. The van der Waals surface area contributed by atoms with Gasteiger partial charge in [0.1, 0.15) is 28.2 Å². The number of benzene rings is 7. The van der Waals surface area contributed by atoms with Crippen LogP contribution in [0.15, 0.2) is 167 Å². The molecule has 1 aliphatic rings. The van der Waals surface area contributed by atoms with E-state index in [9.17, 15) is 0 Å². The van der Waals surface area contributed by atoms with Crippen LogP contribution in [0, 0.1) is 12.1 Å². The van der Waals surface area contributed by atoms with Gasteiger partial charge in [-0.1, -0.05) is 121 Å². The molecule has 248 valence electrons. The second-order valence-electron chi connectivity index (χ2n) is 13.8. The maximum Gasteiger partial charge on any atom is 0.143 e. The Bertz CT molecular complexity index is 3060. The minimum absolute atomic E-state index is 0.891. The lowest BCUT2D eigenvalue weighted by atomic mass is 9.90. The van der Waals surface area contributed by atoms with Crippen molar-refractivity contribution >= 4 is 83.2 Å². The molecule has 0 bridgehead atoms. The number of para-hydroxylation sites is 2. The van der Waals surface area contributed by atoms with Crippen LogP contribution in [0.25, 0.3) is 77.2 Å². The van der Waals surface area contributed by atoms with Crippen molar-refractivity contribution in [2.75, 3.05) is 4.90 Å². The fourth-order valence-corrected chi connectivity index (χ4v) is 8.37. The van der Waals surface area contributed by atoms with Crippen LogP contribution >= 0.6 is 0 Å². The first-order chi connectivity index (χ1) is 26.3. The number of aryl methyl sites for hydroxylation is 1. The Morgan fingerprint density at radius 2 is 1.26 bits per heavy atom. The van der Waals surface area contributed by atoms with Crippen LogP contribution in [0.5, 0.6) is 0 Å². The van der Waals surface area contributed by atoms with Gasteiger partial charge in [0.15, 0.2) is 0 Å². The van der Waals surface area contributed by atoms with Crippen molar-refractivity contribution in [1.29, 1.82) is 0 Å². The summed E-state index contributed by atoms with van der Waals surface area (Å²) in [7, 11) is 0. The first-order valence-corrected chi connectivity index (χ1v) is 18.1. The monoisotopic (exact) mass is 677 g/mol. The van der Waals surface area contributed by atoms with Gasteiger partial charge in [0.2, 0.25) is 0 Å². The zero-order chi connectivity index (χ0) is 34.9. The van der Waals surface area contributed by atoms with Gasteiger partial charge in [-0.25, -0.2) is 0 Å². The van der Waals surface area contributed by atoms with Crippen LogP contribution in [0.4, 0.5) is 17.1 Å². The molecule has 11 rings (SSSR count). The average Bonchev–Trinajstić information content (AvgIpc) is 3.80. The third kappa shape index (κ3) is 4.70. The van der Waals surface area contributed by atoms with Gasteiger partial charge in [0.05, 0.1) is 5.69 Å². The van der Waals surface area contributed by atoms with Gasteiger partial charge >= 0.3 is 0 Å². The summed E-state index contributed by atoms with van der Waals surface area (Å²) in [6.45, 7) is 0. The van der Waals surface area contributed by atoms with E-state index in [4.69, 9.17) is 8.83 Å². The number of furan rings is 2. The number of rotatable bonds is 5. The van der Waals surface area contributed by atoms with Gasteiger partial charge < -0.3 is 13.7 Å². The highest BCUT2D eigenvalue weighted by molar-refractivity contribution is 6.19. The molecule has 53 heavy (non-hydrogen) atoms. The topological polar surface area (TPSA) is 29.5 Å². The summed E-state index contributed by atoms with van der Waals surface area (Å²) < 4.78 is 12.9. The van der Waals surface area contributed by atoms with Crippen LogP contribution in [0.1, 0.15) is 23.3 Å². The third-order valence-electron chi connectivity index (χ3n) is 10.9. The van der Waals surface area contributed by atoms with E-state index in [0.717, 1.165) is 90.5 Å². The molecular formula is C50H31NO2. The second kappa shape index (κ2) is 11.8. The van der Waals surface area contributed by atoms with E-state index in [1.165, 1.54) is 27.5 Å². The number of fused-ring (bicyclic) bond motifs is 9. The van der Waals surface area contributed by atoms with E-state index in [1.54, 1.807) is 0 Å². The van der Waals surface area contributed by atoms with Crippen molar-refractivity contribution in [3.8, 4) is 11.1 Å². The molecule has 0 atom stereocenters. The van der Waals surface area contributed by atoms with Crippen LogP contribution < -0.4 is 4.90 Å². The van der Waals surface area contributed by atoms with Crippen molar-refractivity contribution in [3.63, 3.8) is 0 Å². The molecular weight excluding hydrogens is 647 g/mol. The highest BCUT2D eigenvalue weighted by Crippen LogP contribution is 2.45. The van der Waals surface area contributed by atoms with Gasteiger partial charge in [0.25, 0.3) is 0 Å². The van der Waals surface area contributed by atoms with E-state index in [1.807, 2.05) is 12.1 Å². The number of hydrogen-bond acceptors (Lipinski definition) is 3. The SMILES string of the molecule is c1cc2ccccc2c(N(c2ccc(-c3cccc4oc5c6ccccc6ccc5c34)cc2)c2ccccc2C2=Cc3oc4ccccc4c3CC2)c#1. The lowest BCUT2D eigenvalue weighted by molar-refractivity contribution is 0.596. The molecule has 0 fully saturated rings. The highest BCUT2D eigenvalue weighted by Gasteiger charge is 2.24. The van der Waals surface area contributed by atoms with Crippen LogP contribution in [-0.4, -0.2) is 0 Å². The van der Waals surface area contributed by atoms with Gasteiger partial charge in [-0.15, -0.1) is 0 Å². The summed E-state index contributed by atoms with van der Waals surface area (Å²) in [5, 5.41) is 8.01. The quantitative estimate of drug-likeness (QED) is 0.182. The molecule has 0 radical (unpaired) electrons. The van der Waals surface area contributed by atoms with Crippen molar-refractivity contribution in [2.45, 2.75) is 12.8 Å². The summed E-state index contributed by atoms with van der Waals surface area (Å²) in [6.07, 6.45) is 4.10. The molecule has 0 N–H and O–H groups in total. The second-order valence-corrected chi connectivity index (χ2v) is 13.8. The molecule has 0 spiro atoms. The minimum atomic E-state index is 0.891. The summed E-state index contributed by atoms with van der Waals surface area (Å²) >= 11 is 0. The molecule has 3 nitrogen and oxygen atoms in total. The molecule has 1 aliphatic carbocycles. The molecule has 0 saturated heterocycles. The van der Waals surface area contributed by atoms with Crippen LogP contribution in [0.2, 0.25) is 0 Å². The Morgan fingerprint density at radius 3 is 2.17 bits per heavy atom. The summed E-state index contributed by atoms with van der Waals surface area (Å²) in [6, 6.07) is 62.5. The molecule has 0 unspecified atom stereocenters. The number of nitrogens with zero attached hydrogens (tertiary/aromatic N) is 1. The van der Waals surface area contributed by atoms with Gasteiger partial charge in [-0.05, 0) is 94.9 Å². The fourth-order valence-electron chi connectivity index (χ4n) is 8.37. The lowest BCUT2D eigenvalue weighted by Gasteiger charge is -2.29. The van der Waals surface area contributed by atoms with Crippen LogP contribution in [0.3, 0.4) is 0 Å². The van der Waals surface area contributed by atoms with Crippen molar-refractivity contribution < 1.29 is 8.83 Å². The normalized spacial score (nSPS) is 12.7. The van der Waals surface area contributed by atoms with E-state index in [2.05, 4.69) is 169 Å². The number of hydrogen-bond donors (Lipinski definition) is 0. The first-order valence-electron chi connectivity index (χ1n) is 18.1. The molecule has 10 aromatic rings. The van der Waals surface area contributed by atoms with Crippen molar-refractivity contribution in [2.24, 2.45) is 0 Å². The smallest absolute Gasteiger partial charge is 0.143 e. The van der Waals surface area contributed by atoms with Gasteiger partial charge in [-0.2, -0.15) is 0 Å².